The van der Waals surface area contributed by atoms with E-state index in [1.807, 2.05) is 16.8 Å². The van der Waals surface area contributed by atoms with Gasteiger partial charge in [0.1, 0.15) is 0 Å². The molecule has 5 nitrogen and oxygen atoms in total. The van der Waals surface area contributed by atoms with Crippen LogP contribution in [-0.2, 0) is 0 Å². The minimum absolute atomic E-state index is 0.0825. The summed E-state index contributed by atoms with van der Waals surface area (Å²) in [6, 6.07) is 8.95. The number of hydrogen-bond donors (Lipinski definition) is 1. The molecule has 0 spiro atoms. The van der Waals surface area contributed by atoms with E-state index in [2.05, 4.69) is 31.4 Å². The molecule has 0 aliphatic carbocycles. The lowest BCUT2D eigenvalue weighted by Crippen LogP contribution is -2.11. The average Bonchev–Trinajstić information content (AvgIpc) is 3.09. The molecule has 0 unspecified atom stereocenters. The zero-order chi connectivity index (χ0) is 13.9. The number of rotatable bonds is 3. The summed E-state index contributed by atoms with van der Waals surface area (Å²) < 4.78 is 6.30. The second-order valence-corrected chi connectivity index (χ2v) is 5.58. The van der Waals surface area contributed by atoms with Crippen molar-refractivity contribution in [2.45, 2.75) is 0 Å². The molecule has 2 aromatic heterocycles. The van der Waals surface area contributed by atoms with Crippen LogP contribution in [-0.4, -0.2) is 16.1 Å². The molecule has 0 aliphatic heterocycles. The third-order valence-corrected chi connectivity index (χ3v) is 3.73. The van der Waals surface area contributed by atoms with Crippen LogP contribution in [0.2, 0.25) is 0 Å². The molecule has 7 heteroatoms. The minimum Gasteiger partial charge on any atom is -0.403 e. The Hall–Kier alpha value is -1.99. The molecule has 0 radical (unpaired) electrons. The van der Waals surface area contributed by atoms with Gasteiger partial charge < -0.3 is 4.42 Å². The monoisotopic (exact) mass is 349 g/mol. The summed E-state index contributed by atoms with van der Waals surface area (Å²) >= 11 is 4.85. The number of aromatic nitrogens is 2. The Labute approximate surface area is 126 Å². The van der Waals surface area contributed by atoms with Gasteiger partial charge in [-0.15, -0.1) is 5.10 Å². The van der Waals surface area contributed by atoms with Crippen molar-refractivity contribution < 1.29 is 9.21 Å². The van der Waals surface area contributed by atoms with Crippen molar-refractivity contribution in [3.8, 4) is 11.5 Å². The molecular formula is C13H8BrN3O2S. The first-order chi connectivity index (χ1) is 9.72. The van der Waals surface area contributed by atoms with Crippen LogP contribution in [0.1, 0.15) is 10.4 Å². The second kappa shape index (κ2) is 5.56. The lowest BCUT2D eigenvalue weighted by Gasteiger charge is -2.00. The number of thiophene rings is 1. The van der Waals surface area contributed by atoms with Crippen molar-refractivity contribution in [3.63, 3.8) is 0 Å². The number of benzene rings is 1. The maximum atomic E-state index is 12.0. The predicted octanol–water partition coefficient (Wildman–Crippen LogP) is 3.81. The van der Waals surface area contributed by atoms with Gasteiger partial charge in [0.05, 0.1) is 0 Å². The van der Waals surface area contributed by atoms with E-state index < -0.39 is 0 Å². The Morgan fingerprint density at radius 1 is 1.20 bits per heavy atom. The van der Waals surface area contributed by atoms with E-state index in [4.69, 9.17) is 4.42 Å². The minimum atomic E-state index is -0.294. The van der Waals surface area contributed by atoms with E-state index in [0.29, 0.717) is 11.5 Å². The van der Waals surface area contributed by atoms with Crippen molar-refractivity contribution in [1.82, 2.24) is 10.2 Å². The highest BCUT2D eigenvalue weighted by molar-refractivity contribution is 9.10. The maximum absolute atomic E-state index is 12.0. The fraction of sp³-hybridized carbons (Fsp3) is 0. The largest absolute Gasteiger partial charge is 0.403 e. The molecule has 20 heavy (non-hydrogen) atoms. The summed E-state index contributed by atoms with van der Waals surface area (Å²) in [6.07, 6.45) is 0. The average molecular weight is 350 g/mol. The van der Waals surface area contributed by atoms with Gasteiger partial charge in [0.25, 0.3) is 11.8 Å². The summed E-state index contributed by atoms with van der Waals surface area (Å²) in [5.41, 5.74) is 1.36. The molecule has 1 N–H and O–H groups in total. The van der Waals surface area contributed by atoms with Crippen molar-refractivity contribution in [2.24, 2.45) is 0 Å². The normalized spacial score (nSPS) is 10.4. The quantitative estimate of drug-likeness (QED) is 0.780. The van der Waals surface area contributed by atoms with Gasteiger partial charge >= 0.3 is 6.01 Å². The van der Waals surface area contributed by atoms with E-state index in [1.54, 1.807) is 24.3 Å². The van der Waals surface area contributed by atoms with Crippen LogP contribution >= 0.6 is 27.3 Å². The molecule has 1 aromatic carbocycles. The van der Waals surface area contributed by atoms with Crippen molar-refractivity contribution >= 4 is 39.2 Å². The van der Waals surface area contributed by atoms with Crippen LogP contribution in [0.3, 0.4) is 0 Å². The summed E-state index contributed by atoms with van der Waals surface area (Å²) in [5.74, 6) is 0.0929. The Kier molecular flexibility index (Phi) is 3.62. The number of nitrogens with one attached hydrogen (secondary N) is 1. The van der Waals surface area contributed by atoms with Crippen LogP contribution in [0.4, 0.5) is 6.01 Å². The maximum Gasteiger partial charge on any atom is 0.322 e. The van der Waals surface area contributed by atoms with Crippen molar-refractivity contribution in [3.05, 3.63) is 51.1 Å². The summed E-state index contributed by atoms with van der Waals surface area (Å²) in [4.78, 5) is 12.0. The molecule has 0 saturated heterocycles. The molecule has 0 bridgehead atoms. The van der Waals surface area contributed by atoms with Crippen LogP contribution in [0.15, 0.2) is 50.0 Å². The third kappa shape index (κ3) is 2.78. The Morgan fingerprint density at radius 3 is 2.70 bits per heavy atom. The van der Waals surface area contributed by atoms with Crippen LogP contribution in [0, 0.1) is 0 Å². The zero-order valence-corrected chi connectivity index (χ0v) is 12.4. The van der Waals surface area contributed by atoms with E-state index in [0.717, 1.165) is 10.0 Å². The topological polar surface area (TPSA) is 68.0 Å². The number of nitrogens with zero attached hydrogens (tertiary/aromatic N) is 2. The first-order valence-corrected chi connectivity index (χ1v) is 7.39. The highest BCUT2D eigenvalue weighted by atomic mass is 79.9. The lowest BCUT2D eigenvalue weighted by molar-refractivity contribution is 0.102. The Morgan fingerprint density at radius 2 is 2.00 bits per heavy atom. The number of hydrogen-bond acceptors (Lipinski definition) is 5. The Balaban J connectivity index is 1.75. The first kappa shape index (κ1) is 13.0. The number of carbonyl (C=O) groups is 1. The molecule has 2 heterocycles. The van der Waals surface area contributed by atoms with E-state index in [-0.39, 0.29) is 11.9 Å². The molecule has 0 saturated carbocycles. The molecule has 3 aromatic rings. The first-order valence-electron chi connectivity index (χ1n) is 5.65. The highest BCUT2D eigenvalue weighted by Crippen LogP contribution is 2.22. The van der Waals surface area contributed by atoms with Gasteiger partial charge in [0.2, 0.25) is 0 Å². The number of carbonyl (C=O) groups excluding carboxylic acids is 1. The fourth-order valence-electron chi connectivity index (χ4n) is 1.55. The SMILES string of the molecule is O=C(Nc1nnc(-c2ccsc2)o1)c1ccc(Br)cc1. The molecule has 1 amide bonds. The predicted molar refractivity (Wildman–Crippen MR) is 79.7 cm³/mol. The fourth-order valence-corrected chi connectivity index (χ4v) is 2.44. The molecular weight excluding hydrogens is 342 g/mol. The molecule has 0 fully saturated rings. The van der Waals surface area contributed by atoms with Crippen LogP contribution < -0.4 is 5.32 Å². The zero-order valence-electron chi connectivity index (χ0n) is 10.0. The van der Waals surface area contributed by atoms with E-state index >= 15 is 0 Å². The number of anilines is 1. The standard InChI is InChI=1S/C13H8BrN3O2S/c14-10-3-1-8(2-4-10)11(18)15-13-17-16-12(19-13)9-5-6-20-7-9/h1-7H,(H,15,17,18). The van der Waals surface area contributed by atoms with Gasteiger partial charge in [0, 0.05) is 21.0 Å². The Bertz CT molecular complexity index is 722. The van der Waals surface area contributed by atoms with Crippen molar-refractivity contribution in [2.75, 3.05) is 5.32 Å². The smallest absolute Gasteiger partial charge is 0.322 e. The molecule has 0 atom stereocenters. The van der Waals surface area contributed by atoms with Crippen LogP contribution in [0.5, 0.6) is 0 Å². The highest BCUT2D eigenvalue weighted by Gasteiger charge is 2.12. The third-order valence-electron chi connectivity index (χ3n) is 2.52. The van der Waals surface area contributed by atoms with Gasteiger partial charge in [-0.1, -0.05) is 21.0 Å². The van der Waals surface area contributed by atoms with E-state index in [9.17, 15) is 4.79 Å². The van der Waals surface area contributed by atoms with Crippen molar-refractivity contribution in [1.29, 1.82) is 0 Å². The van der Waals surface area contributed by atoms with E-state index in [1.165, 1.54) is 11.3 Å². The summed E-state index contributed by atoms with van der Waals surface area (Å²) in [7, 11) is 0. The van der Waals surface area contributed by atoms with Gasteiger partial charge in [-0.2, -0.15) is 11.3 Å². The summed E-state index contributed by atoms with van der Waals surface area (Å²) in [6.45, 7) is 0. The number of amides is 1. The van der Waals surface area contributed by atoms with Gasteiger partial charge in [-0.25, -0.2) is 0 Å². The van der Waals surface area contributed by atoms with Crippen LogP contribution in [0.25, 0.3) is 11.5 Å². The number of halogens is 1. The summed E-state index contributed by atoms with van der Waals surface area (Å²) in [5, 5.41) is 14.1. The van der Waals surface area contributed by atoms with Gasteiger partial charge in [-0.3, -0.25) is 10.1 Å². The molecule has 3 rings (SSSR count). The van der Waals surface area contributed by atoms with Gasteiger partial charge in [-0.05, 0) is 35.7 Å². The second-order valence-electron chi connectivity index (χ2n) is 3.89. The molecule has 100 valence electrons. The molecule has 0 aliphatic rings. The van der Waals surface area contributed by atoms with Gasteiger partial charge in [0.15, 0.2) is 0 Å². The lowest BCUT2D eigenvalue weighted by atomic mass is 10.2.